The lowest BCUT2D eigenvalue weighted by atomic mass is 9.97. The van der Waals surface area contributed by atoms with Crippen LogP contribution in [0.1, 0.15) is 45.5 Å². The van der Waals surface area contributed by atoms with Gasteiger partial charge in [0.1, 0.15) is 11.4 Å². The maximum Gasteiger partial charge on any atom is 0.329 e. The van der Waals surface area contributed by atoms with Crippen LogP contribution in [-0.2, 0) is 4.79 Å². The average Bonchev–Trinajstić information content (AvgIpc) is 2.81. The molecule has 0 aliphatic carbocycles. The maximum atomic E-state index is 11.8. The second kappa shape index (κ2) is 6.21. The summed E-state index contributed by atoms with van der Waals surface area (Å²) in [7, 11) is 0. The molecule has 19 heavy (non-hydrogen) atoms. The summed E-state index contributed by atoms with van der Waals surface area (Å²) in [5, 5.41) is 14.3. The van der Waals surface area contributed by atoms with Crippen LogP contribution < -0.4 is 10.6 Å². The smallest absolute Gasteiger partial charge is 0.329 e. The molecule has 0 radical (unpaired) electrons. The molecule has 1 rings (SSSR count). The van der Waals surface area contributed by atoms with Crippen LogP contribution in [0.4, 0.5) is 4.79 Å². The number of urea groups is 1. The van der Waals surface area contributed by atoms with Crippen molar-refractivity contribution in [2.75, 3.05) is 0 Å². The lowest BCUT2D eigenvalue weighted by Gasteiger charge is -2.26. The predicted molar refractivity (Wildman–Crippen MR) is 69.6 cm³/mol. The Balaban J connectivity index is 2.61. The molecular formula is C12H20N4O3. The van der Waals surface area contributed by atoms with Crippen LogP contribution in [0.15, 0.2) is 12.4 Å². The first kappa shape index (κ1) is 15.0. The Hall–Kier alpha value is -2.05. The molecule has 4 N–H and O–H groups in total. The third kappa shape index (κ3) is 3.97. The zero-order chi connectivity index (χ0) is 14.5. The minimum Gasteiger partial charge on any atom is -0.480 e. The van der Waals surface area contributed by atoms with Crippen LogP contribution in [0.3, 0.4) is 0 Å². The average molecular weight is 268 g/mol. The third-order valence-corrected chi connectivity index (χ3v) is 2.89. The molecule has 0 aromatic carbocycles. The number of imidazole rings is 1. The summed E-state index contributed by atoms with van der Waals surface area (Å²) in [6.45, 7) is 5.12. The molecule has 0 aliphatic rings. The highest BCUT2D eigenvalue weighted by Crippen LogP contribution is 2.13. The minimum atomic E-state index is -1.26. The number of hydrogen-bond acceptors (Lipinski definition) is 3. The fraction of sp³-hybridized carbons (Fsp3) is 0.583. The summed E-state index contributed by atoms with van der Waals surface area (Å²) in [6, 6.07) is -0.850. The van der Waals surface area contributed by atoms with E-state index in [2.05, 4.69) is 20.6 Å². The van der Waals surface area contributed by atoms with Gasteiger partial charge in [0, 0.05) is 12.4 Å². The number of carbonyl (C=O) groups excluding carboxylic acids is 1. The van der Waals surface area contributed by atoms with E-state index in [4.69, 9.17) is 5.11 Å². The van der Waals surface area contributed by atoms with Crippen molar-refractivity contribution in [2.45, 2.75) is 45.2 Å². The summed E-state index contributed by atoms with van der Waals surface area (Å²) in [5.41, 5.74) is -1.26. The predicted octanol–water partition coefficient (Wildman–Crippen LogP) is 1.41. The molecule has 7 nitrogen and oxygen atoms in total. The van der Waals surface area contributed by atoms with Crippen molar-refractivity contribution in [1.29, 1.82) is 0 Å². The topological polar surface area (TPSA) is 107 Å². The Morgan fingerprint density at radius 1 is 1.58 bits per heavy atom. The van der Waals surface area contributed by atoms with E-state index < -0.39 is 17.5 Å². The molecule has 0 saturated heterocycles. The Labute approximate surface area is 111 Å². The van der Waals surface area contributed by atoms with Crippen molar-refractivity contribution in [3.8, 4) is 0 Å². The van der Waals surface area contributed by atoms with Gasteiger partial charge in [-0.05, 0) is 20.3 Å². The number of H-pyrrole nitrogens is 1. The van der Waals surface area contributed by atoms with Crippen LogP contribution in [0.2, 0.25) is 0 Å². The molecule has 7 heteroatoms. The van der Waals surface area contributed by atoms with Crippen LogP contribution >= 0.6 is 0 Å². The molecule has 0 spiro atoms. The fourth-order valence-electron chi connectivity index (χ4n) is 1.79. The molecule has 1 aromatic heterocycles. The monoisotopic (exact) mass is 268 g/mol. The number of carboxylic acid groups (broad SMARTS) is 1. The molecule has 2 atom stereocenters. The Kier molecular flexibility index (Phi) is 4.91. The highest BCUT2D eigenvalue weighted by molar-refractivity contribution is 5.85. The SMILES string of the molecule is CCCC(C)(NC(=O)NC(C)c1ncc[nH]1)C(=O)O. The van der Waals surface area contributed by atoms with Gasteiger partial charge in [-0.25, -0.2) is 14.6 Å². The van der Waals surface area contributed by atoms with Crippen LogP contribution in [0, 0.1) is 0 Å². The highest BCUT2D eigenvalue weighted by Gasteiger charge is 2.34. The summed E-state index contributed by atoms with van der Waals surface area (Å²) in [5.74, 6) is -0.433. The van der Waals surface area contributed by atoms with E-state index in [0.29, 0.717) is 18.7 Å². The molecule has 0 aliphatic heterocycles. The van der Waals surface area contributed by atoms with E-state index >= 15 is 0 Å². The number of aromatic nitrogens is 2. The van der Waals surface area contributed by atoms with Crippen molar-refractivity contribution in [1.82, 2.24) is 20.6 Å². The van der Waals surface area contributed by atoms with Gasteiger partial charge in [0.05, 0.1) is 6.04 Å². The molecule has 1 heterocycles. The molecular weight excluding hydrogens is 248 g/mol. The van der Waals surface area contributed by atoms with Gasteiger partial charge in [-0.3, -0.25) is 0 Å². The fourth-order valence-corrected chi connectivity index (χ4v) is 1.79. The lowest BCUT2D eigenvalue weighted by molar-refractivity contribution is -0.144. The van der Waals surface area contributed by atoms with E-state index in [0.717, 1.165) is 0 Å². The normalized spacial score (nSPS) is 15.3. The third-order valence-electron chi connectivity index (χ3n) is 2.89. The van der Waals surface area contributed by atoms with Crippen molar-refractivity contribution in [3.05, 3.63) is 18.2 Å². The number of aliphatic carboxylic acids is 1. The van der Waals surface area contributed by atoms with Gasteiger partial charge in [-0.1, -0.05) is 13.3 Å². The molecule has 106 valence electrons. The van der Waals surface area contributed by atoms with Crippen LogP contribution in [0.25, 0.3) is 0 Å². The van der Waals surface area contributed by atoms with Gasteiger partial charge >= 0.3 is 12.0 Å². The summed E-state index contributed by atoms with van der Waals surface area (Å²) in [6.07, 6.45) is 4.27. The molecule has 2 amide bonds. The van der Waals surface area contributed by atoms with Gasteiger partial charge in [0.15, 0.2) is 0 Å². The Bertz CT molecular complexity index is 432. The molecule has 0 fully saturated rings. The molecule has 2 unspecified atom stereocenters. The number of aromatic amines is 1. The number of rotatable bonds is 6. The van der Waals surface area contributed by atoms with Crippen molar-refractivity contribution in [3.63, 3.8) is 0 Å². The molecule has 0 saturated carbocycles. The van der Waals surface area contributed by atoms with Gasteiger partial charge in [0.2, 0.25) is 0 Å². The van der Waals surface area contributed by atoms with Gasteiger partial charge in [0.25, 0.3) is 0 Å². The van der Waals surface area contributed by atoms with Gasteiger partial charge < -0.3 is 20.7 Å². The summed E-state index contributed by atoms with van der Waals surface area (Å²) >= 11 is 0. The van der Waals surface area contributed by atoms with E-state index in [1.54, 1.807) is 19.3 Å². The zero-order valence-corrected chi connectivity index (χ0v) is 11.4. The second-order valence-corrected chi connectivity index (χ2v) is 4.68. The number of nitrogens with one attached hydrogen (secondary N) is 3. The molecule has 1 aromatic rings. The standard InChI is InChI=1S/C12H20N4O3/c1-4-5-12(3,10(17)18)16-11(19)15-8(2)9-13-6-7-14-9/h6-8H,4-5H2,1-3H3,(H,13,14)(H,17,18)(H2,15,16,19). The van der Waals surface area contributed by atoms with Crippen LogP contribution in [-0.4, -0.2) is 32.6 Å². The number of carboxylic acids is 1. The number of nitrogens with zero attached hydrogens (tertiary/aromatic N) is 1. The first-order valence-corrected chi connectivity index (χ1v) is 6.20. The minimum absolute atomic E-state index is 0.324. The van der Waals surface area contributed by atoms with Crippen molar-refractivity contribution < 1.29 is 14.7 Å². The summed E-state index contributed by atoms with van der Waals surface area (Å²) < 4.78 is 0. The van der Waals surface area contributed by atoms with Crippen molar-refractivity contribution in [2.24, 2.45) is 0 Å². The lowest BCUT2D eigenvalue weighted by Crippen LogP contribution is -2.55. The zero-order valence-electron chi connectivity index (χ0n) is 11.4. The Morgan fingerprint density at radius 3 is 2.74 bits per heavy atom. The summed E-state index contributed by atoms with van der Waals surface area (Å²) in [4.78, 5) is 29.9. The van der Waals surface area contributed by atoms with Crippen LogP contribution in [0.5, 0.6) is 0 Å². The van der Waals surface area contributed by atoms with E-state index in [1.165, 1.54) is 6.92 Å². The van der Waals surface area contributed by atoms with E-state index in [-0.39, 0.29) is 6.04 Å². The maximum absolute atomic E-state index is 11.8. The highest BCUT2D eigenvalue weighted by atomic mass is 16.4. The second-order valence-electron chi connectivity index (χ2n) is 4.68. The van der Waals surface area contributed by atoms with E-state index in [9.17, 15) is 9.59 Å². The first-order chi connectivity index (χ1) is 8.89. The van der Waals surface area contributed by atoms with E-state index in [1.807, 2.05) is 6.92 Å². The Morgan fingerprint density at radius 2 is 2.26 bits per heavy atom. The quantitative estimate of drug-likeness (QED) is 0.625. The van der Waals surface area contributed by atoms with Gasteiger partial charge in [-0.2, -0.15) is 0 Å². The molecule has 0 bridgehead atoms. The van der Waals surface area contributed by atoms with Gasteiger partial charge in [-0.15, -0.1) is 0 Å². The number of amides is 2. The number of hydrogen-bond donors (Lipinski definition) is 4. The number of carbonyl (C=O) groups is 2. The first-order valence-electron chi connectivity index (χ1n) is 6.20. The largest absolute Gasteiger partial charge is 0.480 e. The van der Waals surface area contributed by atoms with Crippen molar-refractivity contribution >= 4 is 12.0 Å².